The topological polar surface area (TPSA) is 57.1 Å². The molecule has 140 valence electrons. The van der Waals surface area contributed by atoms with Crippen molar-refractivity contribution >= 4 is 15.8 Å². The van der Waals surface area contributed by atoms with Gasteiger partial charge in [-0.3, -0.25) is 4.18 Å². The molecule has 1 atom stereocenters. The molecule has 0 radical (unpaired) electrons. The van der Waals surface area contributed by atoms with E-state index in [0.29, 0.717) is 32.2 Å². The van der Waals surface area contributed by atoms with Crippen LogP contribution in [0.5, 0.6) is 0 Å². The van der Waals surface area contributed by atoms with Crippen LogP contribution >= 0.6 is 0 Å². The molecule has 1 aliphatic heterocycles. The Hall–Kier alpha value is -1.37. The van der Waals surface area contributed by atoms with Crippen LogP contribution in [0.2, 0.25) is 0 Å². The Kier molecular flexibility index (Phi) is 6.30. The van der Waals surface area contributed by atoms with Crippen LogP contribution in [0.15, 0.2) is 40.9 Å². The Morgan fingerprint density at radius 3 is 2.20 bits per heavy atom. The first-order chi connectivity index (χ1) is 11.6. The monoisotopic (exact) mass is 367 g/mol. The van der Waals surface area contributed by atoms with Crippen molar-refractivity contribution < 1.29 is 17.9 Å². The Balaban J connectivity index is 2.36. The highest BCUT2D eigenvalue weighted by Crippen LogP contribution is 2.25. The third-order valence-corrected chi connectivity index (χ3v) is 4.74. The summed E-state index contributed by atoms with van der Waals surface area (Å²) in [6, 6.07) is 9.66. The highest BCUT2D eigenvalue weighted by molar-refractivity contribution is 7.88. The maximum absolute atomic E-state index is 12.6. The second-order valence-corrected chi connectivity index (χ2v) is 9.98. The zero-order chi connectivity index (χ0) is 18.6. The smallest absolute Gasteiger partial charge is 0.164 e. The van der Waals surface area contributed by atoms with Crippen LogP contribution < -0.4 is 0 Å². The second kappa shape index (κ2) is 7.89. The average Bonchev–Trinajstić information content (AvgIpc) is 2.53. The summed E-state index contributed by atoms with van der Waals surface area (Å²) >= 11 is 0. The molecule has 1 aromatic carbocycles. The number of benzene rings is 1. The molecule has 6 heteroatoms. The van der Waals surface area contributed by atoms with Gasteiger partial charge in [-0.1, -0.05) is 58.0 Å². The van der Waals surface area contributed by atoms with Crippen LogP contribution in [0, 0.1) is 10.8 Å². The first-order valence-corrected chi connectivity index (χ1v) is 10.3. The lowest BCUT2D eigenvalue weighted by molar-refractivity contribution is -0.0159. The van der Waals surface area contributed by atoms with Gasteiger partial charge in [0.15, 0.2) is 10.0 Å². The zero-order valence-electron chi connectivity index (χ0n) is 15.8. The highest BCUT2D eigenvalue weighted by Gasteiger charge is 2.25. The van der Waals surface area contributed by atoms with E-state index in [1.165, 1.54) is 12.5 Å². The van der Waals surface area contributed by atoms with Gasteiger partial charge >= 0.3 is 0 Å². The second-order valence-electron chi connectivity index (χ2n) is 8.07. The fraction of sp³-hybridized carbons (Fsp3) is 0.579. The van der Waals surface area contributed by atoms with Crippen LogP contribution in [0.4, 0.5) is 0 Å². The molecular weight excluding hydrogens is 338 g/mol. The molecule has 0 amide bonds. The van der Waals surface area contributed by atoms with Crippen molar-refractivity contribution in [1.82, 2.24) is 0 Å². The summed E-state index contributed by atoms with van der Waals surface area (Å²) in [6.07, 6.45) is 3.01. The standard InChI is InChI=1S/C19H29NO4S/c1-18(2)12-22-13-19(3,4)15-24-25(5,21)20-11-17(23-14-18)16-9-7-6-8-10-16/h6-11H,12-15H2,1-5H3/b17-11-/t25-/m1/s1. The van der Waals surface area contributed by atoms with Gasteiger partial charge in [0.25, 0.3) is 0 Å². The number of ether oxygens (including phenoxy) is 2. The molecule has 0 aliphatic carbocycles. The predicted octanol–water partition coefficient (Wildman–Crippen LogP) is 4.11. The Labute approximate surface area is 151 Å². The van der Waals surface area contributed by atoms with Gasteiger partial charge in [-0.15, -0.1) is 0 Å². The average molecular weight is 368 g/mol. The van der Waals surface area contributed by atoms with Gasteiger partial charge in [0.2, 0.25) is 0 Å². The summed E-state index contributed by atoms with van der Waals surface area (Å²) in [5.41, 5.74) is 0.478. The molecular formula is C19H29NO4S. The Morgan fingerprint density at radius 2 is 1.56 bits per heavy atom. The molecule has 0 saturated carbocycles. The van der Waals surface area contributed by atoms with Gasteiger partial charge in [0.05, 0.1) is 32.6 Å². The van der Waals surface area contributed by atoms with Gasteiger partial charge in [-0.25, -0.2) is 4.21 Å². The fourth-order valence-corrected chi connectivity index (χ4v) is 3.09. The van der Waals surface area contributed by atoms with Crippen LogP contribution in [-0.4, -0.2) is 36.9 Å². The summed E-state index contributed by atoms with van der Waals surface area (Å²) in [6.45, 7) is 10.1. The van der Waals surface area contributed by atoms with Crippen molar-refractivity contribution in [3.63, 3.8) is 0 Å². The third kappa shape index (κ3) is 6.80. The van der Waals surface area contributed by atoms with Crippen molar-refractivity contribution in [3.05, 3.63) is 42.1 Å². The van der Waals surface area contributed by atoms with Gasteiger partial charge in [-0.2, -0.15) is 4.36 Å². The molecule has 0 aromatic heterocycles. The van der Waals surface area contributed by atoms with Gasteiger partial charge in [0, 0.05) is 22.6 Å². The molecule has 0 bridgehead atoms. The van der Waals surface area contributed by atoms with Crippen LogP contribution in [0.25, 0.3) is 5.76 Å². The van der Waals surface area contributed by atoms with Crippen LogP contribution in [0.1, 0.15) is 33.3 Å². The molecule has 0 spiro atoms. The maximum Gasteiger partial charge on any atom is 0.164 e. The van der Waals surface area contributed by atoms with Crippen molar-refractivity contribution in [1.29, 1.82) is 0 Å². The lowest BCUT2D eigenvalue weighted by atomic mass is 9.94. The molecule has 2 rings (SSSR count). The molecule has 1 aromatic rings. The lowest BCUT2D eigenvalue weighted by Crippen LogP contribution is -2.31. The lowest BCUT2D eigenvalue weighted by Gasteiger charge is -2.28. The normalized spacial score (nSPS) is 29.6. The Bertz CT molecular complexity index is 716. The minimum absolute atomic E-state index is 0.160. The summed E-state index contributed by atoms with van der Waals surface area (Å²) in [5, 5.41) is 0. The largest absolute Gasteiger partial charge is 0.491 e. The predicted molar refractivity (Wildman–Crippen MR) is 101 cm³/mol. The first kappa shape index (κ1) is 19.9. The zero-order valence-corrected chi connectivity index (χ0v) is 16.6. The SMILES string of the molecule is CC1(C)COCC(C)(C)CO[S@@](C)(=O)=N/C=C(/c2ccccc2)OC1. The van der Waals surface area contributed by atoms with E-state index in [0.717, 1.165) is 5.56 Å². The van der Waals surface area contributed by atoms with Gasteiger partial charge in [0.1, 0.15) is 5.76 Å². The number of nitrogens with zero attached hydrogens (tertiary/aromatic N) is 1. The third-order valence-electron chi connectivity index (χ3n) is 3.69. The van der Waals surface area contributed by atoms with E-state index in [4.69, 9.17) is 13.7 Å². The highest BCUT2D eigenvalue weighted by atomic mass is 32.2. The molecule has 5 nitrogen and oxygen atoms in total. The summed E-state index contributed by atoms with van der Waals surface area (Å²) in [7, 11) is -2.80. The van der Waals surface area contributed by atoms with Crippen LogP contribution in [-0.2, 0) is 23.7 Å². The number of hydrogen-bond acceptors (Lipinski definition) is 5. The van der Waals surface area contributed by atoms with E-state index >= 15 is 0 Å². The minimum Gasteiger partial charge on any atom is -0.491 e. The molecule has 0 N–H and O–H groups in total. The fourth-order valence-electron chi connectivity index (χ4n) is 2.20. The van der Waals surface area contributed by atoms with E-state index in [1.54, 1.807) is 0 Å². The molecule has 0 saturated heterocycles. The van der Waals surface area contributed by atoms with Crippen LogP contribution in [0.3, 0.4) is 0 Å². The summed E-state index contributed by atoms with van der Waals surface area (Å²) < 4.78 is 34.2. The van der Waals surface area contributed by atoms with Crippen molar-refractivity contribution in [2.45, 2.75) is 27.7 Å². The first-order valence-electron chi connectivity index (χ1n) is 8.40. The molecule has 0 fully saturated rings. The van der Waals surface area contributed by atoms with Crippen molar-refractivity contribution in [3.8, 4) is 0 Å². The number of rotatable bonds is 1. The van der Waals surface area contributed by atoms with Crippen molar-refractivity contribution in [2.24, 2.45) is 15.2 Å². The maximum atomic E-state index is 12.6. The molecule has 1 heterocycles. The summed E-state index contributed by atoms with van der Waals surface area (Å²) in [5.74, 6) is 0.574. The van der Waals surface area contributed by atoms with E-state index < -0.39 is 10.0 Å². The van der Waals surface area contributed by atoms with Gasteiger partial charge < -0.3 is 9.47 Å². The van der Waals surface area contributed by atoms with Crippen molar-refractivity contribution in [2.75, 3.05) is 32.7 Å². The van der Waals surface area contributed by atoms with E-state index in [9.17, 15) is 4.21 Å². The minimum atomic E-state index is -2.80. The molecule has 0 unspecified atom stereocenters. The molecule has 1 aliphatic rings. The molecule has 25 heavy (non-hydrogen) atoms. The van der Waals surface area contributed by atoms with E-state index in [1.807, 2.05) is 44.2 Å². The van der Waals surface area contributed by atoms with Gasteiger partial charge in [-0.05, 0) is 0 Å². The quantitative estimate of drug-likeness (QED) is 0.749. The summed E-state index contributed by atoms with van der Waals surface area (Å²) in [4.78, 5) is 0. The number of hydrogen-bond donors (Lipinski definition) is 0. The Morgan fingerprint density at radius 1 is 0.960 bits per heavy atom. The van der Waals surface area contributed by atoms with E-state index in [-0.39, 0.29) is 10.8 Å². The van der Waals surface area contributed by atoms with E-state index in [2.05, 4.69) is 18.2 Å².